The van der Waals surface area contributed by atoms with Crippen LogP contribution in [-0.4, -0.2) is 49.7 Å². The summed E-state index contributed by atoms with van der Waals surface area (Å²) < 4.78 is 5.21. The number of nitrogens with zero attached hydrogens (tertiary/aromatic N) is 1. The van der Waals surface area contributed by atoms with E-state index in [1.165, 1.54) is 0 Å². The molecule has 1 atom stereocenters. The third kappa shape index (κ3) is 9.19. The number of hydrogen-bond acceptors (Lipinski definition) is 4. The van der Waals surface area contributed by atoms with Crippen LogP contribution in [0.4, 0.5) is 10.5 Å². The Morgan fingerprint density at radius 1 is 1.20 bits per heavy atom. The number of hydrogen-bond donors (Lipinski definition) is 4. The number of carbonyl (C=O) groups is 2. The van der Waals surface area contributed by atoms with Crippen molar-refractivity contribution in [3.63, 3.8) is 0 Å². The van der Waals surface area contributed by atoms with Crippen molar-refractivity contribution in [2.45, 2.75) is 52.1 Å². The van der Waals surface area contributed by atoms with Gasteiger partial charge in [0, 0.05) is 37.7 Å². The molecule has 1 aliphatic heterocycles. The molecule has 0 aliphatic carbocycles. The summed E-state index contributed by atoms with van der Waals surface area (Å²) in [7, 11) is 0. The standard InChI is InChI=1S/C21H33N5O3.HI/c1-5-22-19(23-11-8-12-24-20(28)29-21(2,3)4)25-14-15-13-18(27)26-17-10-7-6-9-16(15)17;/h6-7,9-10,15H,5,8,11-14H2,1-4H3,(H,24,28)(H,26,27)(H2,22,23,25);1H. The Balaban J connectivity index is 0.00000450. The molecule has 0 radical (unpaired) electrons. The molecule has 1 unspecified atom stereocenters. The number of halogens is 1. The van der Waals surface area contributed by atoms with Gasteiger partial charge in [-0.15, -0.1) is 24.0 Å². The van der Waals surface area contributed by atoms with E-state index < -0.39 is 11.7 Å². The third-order valence-electron chi connectivity index (χ3n) is 4.23. The summed E-state index contributed by atoms with van der Waals surface area (Å²) in [6, 6.07) is 7.86. The summed E-state index contributed by atoms with van der Waals surface area (Å²) in [6.07, 6.45) is 0.755. The van der Waals surface area contributed by atoms with Crippen LogP contribution in [-0.2, 0) is 9.53 Å². The fourth-order valence-corrected chi connectivity index (χ4v) is 3.01. The number of benzene rings is 1. The van der Waals surface area contributed by atoms with Crippen LogP contribution < -0.4 is 21.3 Å². The molecule has 1 aliphatic rings. The second kappa shape index (κ2) is 12.6. The molecule has 4 N–H and O–H groups in total. The lowest BCUT2D eigenvalue weighted by Gasteiger charge is -2.24. The van der Waals surface area contributed by atoms with Crippen LogP contribution in [0, 0.1) is 0 Å². The minimum atomic E-state index is -0.498. The lowest BCUT2D eigenvalue weighted by atomic mass is 9.91. The van der Waals surface area contributed by atoms with Crippen molar-refractivity contribution in [1.29, 1.82) is 0 Å². The summed E-state index contributed by atoms with van der Waals surface area (Å²) in [5.41, 5.74) is 1.49. The van der Waals surface area contributed by atoms with Crippen LogP contribution >= 0.6 is 24.0 Å². The number of rotatable bonds is 7. The number of para-hydroxylation sites is 1. The molecule has 0 bridgehead atoms. The Labute approximate surface area is 196 Å². The number of guanidine groups is 1. The highest BCUT2D eigenvalue weighted by Gasteiger charge is 2.24. The minimum absolute atomic E-state index is 0. The lowest BCUT2D eigenvalue weighted by molar-refractivity contribution is -0.116. The van der Waals surface area contributed by atoms with Gasteiger partial charge in [-0.05, 0) is 45.7 Å². The number of carbonyl (C=O) groups excluding carboxylic acids is 2. The first-order chi connectivity index (χ1) is 13.8. The van der Waals surface area contributed by atoms with Crippen molar-refractivity contribution in [3.05, 3.63) is 29.8 Å². The van der Waals surface area contributed by atoms with E-state index in [0.29, 0.717) is 32.0 Å². The number of anilines is 1. The van der Waals surface area contributed by atoms with E-state index in [4.69, 9.17) is 4.74 Å². The van der Waals surface area contributed by atoms with Crippen molar-refractivity contribution in [2.75, 3.05) is 31.5 Å². The molecule has 0 fully saturated rings. The number of fused-ring (bicyclic) bond motifs is 1. The van der Waals surface area contributed by atoms with E-state index in [0.717, 1.165) is 24.2 Å². The van der Waals surface area contributed by atoms with Crippen molar-refractivity contribution < 1.29 is 14.3 Å². The zero-order valence-electron chi connectivity index (χ0n) is 18.2. The van der Waals surface area contributed by atoms with Gasteiger partial charge in [0.1, 0.15) is 5.60 Å². The molecule has 0 spiro atoms. The Bertz CT molecular complexity index is 734. The van der Waals surface area contributed by atoms with Crippen molar-refractivity contribution in [3.8, 4) is 0 Å². The lowest BCUT2D eigenvalue weighted by Crippen LogP contribution is -2.39. The van der Waals surface area contributed by atoms with E-state index in [1.54, 1.807) is 0 Å². The normalized spacial score (nSPS) is 15.9. The zero-order chi connectivity index (χ0) is 21.3. The molecular weight excluding hydrogens is 497 g/mol. The maximum Gasteiger partial charge on any atom is 0.407 e. The van der Waals surface area contributed by atoms with E-state index in [9.17, 15) is 9.59 Å². The van der Waals surface area contributed by atoms with E-state index in [2.05, 4.69) is 26.3 Å². The van der Waals surface area contributed by atoms with E-state index >= 15 is 0 Å². The molecule has 30 heavy (non-hydrogen) atoms. The molecule has 0 aromatic heterocycles. The molecule has 0 saturated heterocycles. The molecular formula is C21H34IN5O3. The minimum Gasteiger partial charge on any atom is -0.444 e. The van der Waals surface area contributed by atoms with Crippen molar-refractivity contribution in [2.24, 2.45) is 4.99 Å². The smallest absolute Gasteiger partial charge is 0.407 e. The first-order valence-electron chi connectivity index (χ1n) is 10.2. The predicted octanol–water partition coefficient (Wildman–Crippen LogP) is 3.20. The van der Waals surface area contributed by atoms with Crippen LogP contribution in [0.25, 0.3) is 0 Å². The number of ether oxygens (including phenoxy) is 1. The highest BCUT2D eigenvalue weighted by Crippen LogP contribution is 2.31. The Kier molecular flexibility index (Phi) is 10.9. The first-order valence-corrected chi connectivity index (χ1v) is 10.2. The Hall–Kier alpha value is -2.04. The van der Waals surface area contributed by atoms with Crippen LogP contribution in [0.15, 0.2) is 29.3 Å². The number of aliphatic imine (C=N–C) groups is 1. The highest BCUT2D eigenvalue weighted by atomic mass is 127. The second-order valence-corrected chi connectivity index (χ2v) is 7.97. The van der Waals surface area contributed by atoms with Gasteiger partial charge in [0.25, 0.3) is 0 Å². The average Bonchev–Trinajstić information content (AvgIpc) is 2.63. The van der Waals surface area contributed by atoms with Crippen molar-refractivity contribution >= 4 is 47.6 Å². The monoisotopic (exact) mass is 531 g/mol. The van der Waals surface area contributed by atoms with Gasteiger partial charge in [-0.25, -0.2) is 4.79 Å². The van der Waals surface area contributed by atoms with Gasteiger partial charge in [0.05, 0.1) is 6.54 Å². The van der Waals surface area contributed by atoms with Crippen LogP contribution in [0.1, 0.15) is 52.0 Å². The molecule has 9 heteroatoms. The third-order valence-corrected chi connectivity index (χ3v) is 4.23. The summed E-state index contributed by atoms with van der Waals surface area (Å²) >= 11 is 0. The summed E-state index contributed by atoms with van der Waals surface area (Å²) in [6.45, 7) is 9.94. The molecule has 8 nitrogen and oxygen atoms in total. The van der Waals surface area contributed by atoms with Gasteiger partial charge < -0.3 is 26.0 Å². The second-order valence-electron chi connectivity index (χ2n) is 7.97. The average molecular weight is 531 g/mol. The highest BCUT2D eigenvalue weighted by molar-refractivity contribution is 14.0. The van der Waals surface area contributed by atoms with Crippen molar-refractivity contribution in [1.82, 2.24) is 16.0 Å². The molecule has 1 aromatic rings. The van der Waals surface area contributed by atoms with E-state index in [1.807, 2.05) is 52.0 Å². The van der Waals surface area contributed by atoms with E-state index in [-0.39, 0.29) is 35.8 Å². The quantitative estimate of drug-likeness (QED) is 0.187. The maximum atomic E-state index is 12.0. The maximum absolute atomic E-state index is 12.0. The number of amides is 2. The van der Waals surface area contributed by atoms with Crippen LogP contribution in [0.3, 0.4) is 0 Å². The molecule has 2 rings (SSSR count). The number of alkyl carbamates (subject to hydrolysis) is 1. The summed E-state index contributed by atoms with van der Waals surface area (Å²) in [5.74, 6) is 0.785. The van der Waals surface area contributed by atoms with Gasteiger partial charge in [-0.3, -0.25) is 9.79 Å². The topological polar surface area (TPSA) is 104 Å². The van der Waals surface area contributed by atoms with Crippen LogP contribution in [0.2, 0.25) is 0 Å². The van der Waals surface area contributed by atoms with Gasteiger partial charge in [-0.1, -0.05) is 18.2 Å². The largest absolute Gasteiger partial charge is 0.444 e. The molecule has 1 aromatic carbocycles. The van der Waals surface area contributed by atoms with Gasteiger partial charge in [0.2, 0.25) is 5.91 Å². The van der Waals surface area contributed by atoms with Gasteiger partial charge in [0.15, 0.2) is 5.96 Å². The van der Waals surface area contributed by atoms with Gasteiger partial charge in [-0.2, -0.15) is 0 Å². The number of nitrogens with one attached hydrogen (secondary N) is 4. The van der Waals surface area contributed by atoms with Gasteiger partial charge >= 0.3 is 6.09 Å². The zero-order valence-corrected chi connectivity index (χ0v) is 20.5. The predicted molar refractivity (Wildman–Crippen MR) is 131 cm³/mol. The molecule has 2 amide bonds. The molecule has 1 heterocycles. The Morgan fingerprint density at radius 2 is 1.90 bits per heavy atom. The SMILES string of the molecule is CCNC(=NCC1CC(=O)Nc2ccccc21)NCCCNC(=O)OC(C)(C)C.I. The van der Waals surface area contributed by atoms with Crippen LogP contribution in [0.5, 0.6) is 0 Å². The molecule has 168 valence electrons. The fraction of sp³-hybridized carbons (Fsp3) is 0.571. The first kappa shape index (κ1) is 26.0. The Morgan fingerprint density at radius 3 is 2.60 bits per heavy atom. The summed E-state index contributed by atoms with van der Waals surface area (Å²) in [5, 5.41) is 12.1. The fourth-order valence-electron chi connectivity index (χ4n) is 3.01. The molecule has 0 saturated carbocycles. The summed E-state index contributed by atoms with van der Waals surface area (Å²) in [4.78, 5) is 28.3.